The largest absolute Gasteiger partial charge is 0.357 e. The van der Waals surface area contributed by atoms with Crippen molar-refractivity contribution in [3.05, 3.63) is 69.7 Å². The van der Waals surface area contributed by atoms with Crippen LogP contribution in [0.3, 0.4) is 0 Å². The lowest BCUT2D eigenvalue weighted by Gasteiger charge is -2.30. The van der Waals surface area contributed by atoms with Crippen molar-refractivity contribution in [3.8, 4) is 0 Å². The van der Waals surface area contributed by atoms with Crippen molar-refractivity contribution in [1.82, 2.24) is 10.2 Å². The van der Waals surface area contributed by atoms with E-state index in [2.05, 4.69) is 5.32 Å². The van der Waals surface area contributed by atoms with Crippen molar-refractivity contribution in [1.29, 1.82) is 0 Å². The molecule has 26 heavy (non-hydrogen) atoms. The van der Waals surface area contributed by atoms with Gasteiger partial charge in [-0.1, -0.05) is 66.5 Å². The third kappa shape index (κ3) is 5.23. The summed E-state index contributed by atoms with van der Waals surface area (Å²) in [4.78, 5) is 26.9. The Morgan fingerprint density at radius 3 is 2.31 bits per heavy atom. The third-order valence-corrected chi connectivity index (χ3v) is 4.91. The first-order chi connectivity index (χ1) is 12.5. The second-order valence-electron chi connectivity index (χ2n) is 5.97. The molecule has 138 valence electrons. The van der Waals surface area contributed by atoms with Crippen LogP contribution in [0.1, 0.15) is 24.5 Å². The predicted molar refractivity (Wildman–Crippen MR) is 105 cm³/mol. The van der Waals surface area contributed by atoms with E-state index in [0.29, 0.717) is 23.0 Å². The number of hydrogen-bond donors (Lipinski definition) is 1. The lowest BCUT2D eigenvalue weighted by atomic mass is 10.1. The van der Waals surface area contributed by atoms with Crippen LogP contribution < -0.4 is 5.32 Å². The van der Waals surface area contributed by atoms with Crippen molar-refractivity contribution in [3.63, 3.8) is 0 Å². The SMILES string of the molecule is CC[C@H](C(=O)NC)N(Cc1ccccc1)C(=O)Cc1ccc(Cl)c(Cl)c1. The van der Waals surface area contributed by atoms with Gasteiger partial charge in [-0.05, 0) is 29.7 Å². The third-order valence-electron chi connectivity index (χ3n) is 4.17. The number of nitrogens with one attached hydrogen (secondary N) is 1. The molecule has 0 bridgehead atoms. The zero-order valence-corrected chi connectivity index (χ0v) is 16.3. The molecule has 1 atom stereocenters. The second kappa shape index (κ2) is 9.60. The molecular weight excluding hydrogens is 371 g/mol. The average Bonchev–Trinajstić information content (AvgIpc) is 2.65. The monoisotopic (exact) mass is 392 g/mol. The molecule has 0 aliphatic rings. The van der Waals surface area contributed by atoms with Gasteiger partial charge in [0.15, 0.2) is 0 Å². The van der Waals surface area contributed by atoms with Crippen LogP contribution in [0.5, 0.6) is 0 Å². The molecule has 0 unspecified atom stereocenters. The van der Waals surface area contributed by atoms with Gasteiger partial charge >= 0.3 is 0 Å². The number of nitrogens with zero attached hydrogens (tertiary/aromatic N) is 1. The van der Waals surface area contributed by atoms with Crippen LogP contribution in [0.2, 0.25) is 10.0 Å². The van der Waals surface area contributed by atoms with E-state index < -0.39 is 6.04 Å². The summed E-state index contributed by atoms with van der Waals surface area (Å²) in [5, 5.41) is 3.50. The molecule has 0 heterocycles. The Bertz CT molecular complexity index is 766. The fourth-order valence-electron chi connectivity index (χ4n) is 2.79. The Balaban J connectivity index is 2.27. The summed E-state index contributed by atoms with van der Waals surface area (Å²) in [6.07, 6.45) is 0.677. The Morgan fingerprint density at radius 1 is 1.04 bits per heavy atom. The molecule has 0 fully saturated rings. The highest BCUT2D eigenvalue weighted by Gasteiger charge is 2.28. The minimum absolute atomic E-state index is 0.136. The zero-order valence-electron chi connectivity index (χ0n) is 14.8. The highest BCUT2D eigenvalue weighted by Crippen LogP contribution is 2.23. The fourth-order valence-corrected chi connectivity index (χ4v) is 3.11. The van der Waals surface area contributed by atoms with Gasteiger partial charge in [0.2, 0.25) is 11.8 Å². The number of hydrogen-bond acceptors (Lipinski definition) is 2. The molecule has 1 N–H and O–H groups in total. The predicted octanol–water partition coefficient (Wildman–Crippen LogP) is 4.09. The molecule has 2 aromatic carbocycles. The van der Waals surface area contributed by atoms with Crippen LogP contribution >= 0.6 is 23.2 Å². The summed E-state index contributed by atoms with van der Waals surface area (Å²) in [6, 6.07) is 14.2. The molecule has 2 rings (SSSR count). The smallest absolute Gasteiger partial charge is 0.242 e. The van der Waals surface area contributed by atoms with Gasteiger partial charge in [0.1, 0.15) is 6.04 Å². The molecule has 2 amide bonds. The Labute approximate surface area is 164 Å². The zero-order chi connectivity index (χ0) is 19.1. The first-order valence-electron chi connectivity index (χ1n) is 8.45. The number of rotatable bonds is 7. The molecule has 0 spiro atoms. The van der Waals surface area contributed by atoms with Gasteiger partial charge in [0.05, 0.1) is 16.5 Å². The van der Waals surface area contributed by atoms with Gasteiger partial charge in [-0.2, -0.15) is 0 Å². The maximum Gasteiger partial charge on any atom is 0.242 e. The molecular formula is C20H22Cl2N2O2. The van der Waals surface area contributed by atoms with Crippen LogP contribution in [0.4, 0.5) is 0 Å². The van der Waals surface area contributed by atoms with Crippen molar-refractivity contribution >= 4 is 35.0 Å². The molecule has 0 saturated carbocycles. The van der Waals surface area contributed by atoms with Crippen molar-refractivity contribution in [2.75, 3.05) is 7.05 Å². The van der Waals surface area contributed by atoms with E-state index >= 15 is 0 Å². The van der Waals surface area contributed by atoms with Gasteiger partial charge in [0.25, 0.3) is 0 Å². The summed E-state index contributed by atoms with van der Waals surface area (Å²) in [6.45, 7) is 2.26. The van der Waals surface area contributed by atoms with Gasteiger partial charge in [-0.3, -0.25) is 9.59 Å². The quantitative estimate of drug-likeness (QED) is 0.771. The maximum atomic E-state index is 13.0. The molecule has 0 aromatic heterocycles. The molecule has 0 aliphatic carbocycles. The van der Waals surface area contributed by atoms with Crippen LogP contribution in [0, 0.1) is 0 Å². The lowest BCUT2D eigenvalue weighted by molar-refractivity contribution is -0.140. The minimum Gasteiger partial charge on any atom is -0.357 e. The highest BCUT2D eigenvalue weighted by atomic mass is 35.5. The van der Waals surface area contributed by atoms with E-state index in [9.17, 15) is 9.59 Å². The fraction of sp³-hybridized carbons (Fsp3) is 0.300. The van der Waals surface area contributed by atoms with Crippen LogP contribution in [0.25, 0.3) is 0 Å². The number of amides is 2. The van der Waals surface area contributed by atoms with Gasteiger partial charge < -0.3 is 10.2 Å². The van der Waals surface area contributed by atoms with Gasteiger partial charge in [-0.15, -0.1) is 0 Å². The topological polar surface area (TPSA) is 49.4 Å². The Morgan fingerprint density at radius 2 is 1.73 bits per heavy atom. The van der Waals surface area contributed by atoms with Gasteiger partial charge in [-0.25, -0.2) is 0 Å². The summed E-state index contributed by atoms with van der Waals surface area (Å²) in [7, 11) is 1.58. The second-order valence-corrected chi connectivity index (χ2v) is 6.79. The normalized spacial score (nSPS) is 11.7. The Kier molecular flexibility index (Phi) is 7.49. The summed E-state index contributed by atoms with van der Waals surface area (Å²) in [5.41, 5.74) is 1.73. The number of halogens is 2. The Hall–Kier alpha value is -2.04. The van der Waals surface area contributed by atoms with Crippen LogP contribution in [-0.4, -0.2) is 29.8 Å². The van der Waals surface area contributed by atoms with E-state index in [-0.39, 0.29) is 18.2 Å². The summed E-state index contributed by atoms with van der Waals surface area (Å²) in [5.74, 6) is -0.311. The minimum atomic E-state index is -0.532. The average molecular weight is 393 g/mol. The molecule has 0 aliphatic heterocycles. The van der Waals surface area contributed by atoms with Crippen LogP contribution in [-0.2, 0) is 22.6 Å². The van der Waals surface area contributed by atoms with E-state index in [1.54, 1.807) is 30.1 Å². The van der Waals surface area contributed by atoms with E-state index in [1.165, 1.54) is 0 Å². The van der Waals surface area contributed by atoms with E-state index in [1.807, 2.05) is 37.3 Å². The summed E-state index contributed by atoms with van der Waals surface area (Å²) >= 11 is 12.0. The van der Waals surface area contributed by atoms with E-state index in [0.717, 1.165) is 11.1 Å². The molecule has 0 radical (unpaired) electrons. The van der Waals surface area contributed by atoms with Crippen molar-refractivity contribution in [2.24, 2.45) is 0 Å². The van der Waals surface area contributed by atoms with Crippen LogP contribution in [0.15, 0.2) is 48.5 Å². The molecule has 4 nitrogen and oxygen atoms in total. The summed E-state index contributed by atoms with van der Waals surface area (Å²) < 4.78 is 0. The van der Waals surface area contributed by atoms with Gasteiger partial charge in [0, 0.05) is 13.6 Å². The maximum absolute atomic E-state index is 13.0. The standard InChI is InChI=1S/C20H22Cl2N2O2/c1-3-18(20(26)23-2)24(13-14-7-5-4-6-8-14)19(25)12-15-9-10-16(21)17(22)11-15/h4-11,18H,3,12-13H2,1-2H3,(H,23,26)/t18-/m1/s1. The van der Waals surface area contributed by atoms with Crippen molar-refractivity contribution in [2.45, 2.75) is 32.4 Å². The number of benzene rings is 2. The van der Waals surface area contributed by atoms with Crippen molar-refractivity contribution < 1.29 is 9.59 Å². The first-order valence-corrected chi connectivity index (χ1v) is 9.20. The molecule has 2 aromatic rings. The number of carbonyl (C=O) groups excluding carboxylic acids is 2. The number of likely N-dealkylation sites (N-methyl/N-ethyl adjacent to an activating group) is 1. The lowest BCUT2D eigenvalue weighted by Crippen LogP contribution is -2.48. The molecule has 0 saturated heterocycles. The first kappa shape index (κ1) is 20.3. The highest BCUT2D eigenvalue weighted by molar-refractivity contribution is 6.42. The van der Waals surface area contributed by atoms with E-state index in [4.69, 9.17) is 23.2 Å². The number of carbonyl (C=O) groups is 2. The molecule has 6 heteroatoms.